The van der Waals surface area contributed by atoms with Gasteiger partial charge in [0.1, 0.15) is 5.60 Å². The van der Waals surface area contributed by atoms with Gasteiger partial charge in [0, 0.05) is 24.2 Å². The van der Waals surface area contributed by atoms with Crippen LogP contribution in [0.15, 0.2) is 18.5 Å². The first-order chi connectivity index (χ1) is 7.31. The van der Waals surface area contributed by atoms with Crippen molar-refractivity contribution in [1.29, 1.82) is 0 Å². The quantitative estimate of drug-likeness (QED) is 0.572. The lowest BCUT2D eigenvalue weighted by Crippen LogP contribution is -2.31. The minimum atomic E-state index is -0.599. The molecule has 0 aliphatic carbocycles. The maximum atomic E-state index is 11.7. The van der Waals surface area contributed by atoms with Gasteiger partial charge in [0.2, 0.25) is 0 Å². The maximum absolute atomic E-state index is 11.7. The molecule has 0 fully saturated rings. The van der Waals surface area contributed by atoms with Crippen molar-refractivity contribution in [1.82, 2.24) is 4.98 Å². The Hall–Kier alpha value is -0.560. The average molecular weight is 355 g/mol. The molecule has 1 rings (SSSR count). The third-order valence-corrected chi connectivity index (χ3v) is 2.67. The van der Waals surface area contributed by atoms with E-state index in [2.05, 4.69) is 4.98 Å². The van der Waals surface area contributed by atoms with Gasteiger partial charge in [0.15, 0.2) is 0 Å². The molecule has 0 unspecified atom stereocenters. The van der Waals surface area contributed by atoms with Crippen LogP contribution < -0.4 is 4.42 Å². The van der Waals surface area contributed by atoms with Gasteiger partial charge in [-0.2, -0.15) is 4.42 Å². The molecule has 6 heteroatoms. The smallest absolute Gasteiger partial charge is 0.429 e. The van der Waals surface area contributed by atoms with Crippen molar-refractivity contribution in [3.63, 3.8) is 0 Å². The molecule has 0 radical (unpaired) electrons. The normalized spacial score (nSPS) is 11.1. The Morgan fingerprint density at radius 2 is 2.19 bits per heavy atom. The van der Waals surface area contributed by atoms with E-state index in [9.17, 15) is 4.79 Å². The Kier molecular flexibility index (Phi) is 4.37. The molecule has 1 aromatic heterocycles. The summed E-state index contributed by atoms with van der Waals surface area (Å²) in [7, 11) is 0. The number of carbonyl (C=O) groups is 1. The molecule has 0 bridgehead atoms. The van der Waals surface area contributed by atoms with E-state index in [1.54, 1.807) is 39.2 Å². The van der Waals surface area contributed by atoms with E-state index in [-0.39, 0.29) is 0 Å². The lowest BCUT2D eigenvalue weighted by Gasteiger charge is -2.23. The molecule has 4 nitrogen and oxygen atoms in total. The number of nitrogens with zero attached hydrogens (tertiary/aromatic N) is 2. The Labute approximate surface area is 113 Å². The summed E-state index contributed by atoms with van der Waals surface area (Å²) in [5, 5.41) is 0. The second-order valence-electron chi connectivity index (χ2n) is 4.09. The fourth-order valence-electron chi connectivity index (χ4n) is 0.927. The van der Waals surface area contributed by atoms with Crippen LogP contribution in [0.2, 0.25) is 0 Å². The lowest BCUT2D eigenvalue weighted by molar-refractivity contribution is 0.0609. The average Bonchev–Trinajstić information content (AvgIpc) is 2.15. The number of aromatic nitrogens is 1. The number of hydrogen-bond donors (Lipinski definition) is 0. The molecule has 1 amide bonds. The highest BCUT2D eigenvalue weighted by atomic mass is 127. The number of halogens is 2. The minimum absolute atomic E-state index is 0.562. The summed E-state index contributed by atoms with van der Waals surface area (Å²) in [6.45, 7) is 5.35. The molecule has 0 spiro atoms. The van der Waals surface area contributed by atoms with E-state index in [0.29, 0.717) is 5.69 Å². The minimum Gasteiger partial charge on any atom is -0.443 e. The molecule has 0 saturated carbocycles. The Balaban J connectivity index is 2.83. The standard InChI is InChI=1S/C10H12ClIN2O2/c1-10(2,3)16-9(15)14(11)8-4-5-13-6-7(8)12/h4-6H,1-3H3. The fourth-order valence-corrected chi connectivity index (χ4v) is 1.83. The van der Waals surface area contributed by atoms with Gasteiger partial charge in [-0.25, -0.2) is 4.79 Å². The second-order valence-corrected chi connectivity index (χ2v) is 5.59. The largest absolute Gasteiger partial charge is 0.443 e. The maximum Gasteiger partial charge on any atom is 0.429 e. The lowest BCUT2D eigenvalue weighted by atomic mass is 10.2. The van der Waals surface area contributed by atoms with Crippen molar-refractivity contribution in [2.24, 2.45) is 0 Å². The molecular formula is C10H12ClIN2O2. The van der Waals surface area contributed by atoms with Gasteiger partial charge in [-0.1, -0.05) is 0 Å². The van der Waals surface area contributed by atoms with Gasteiger partial charge in [-0.3, -0.25) is 4.98 Å². The van der Waals surface area contributed by atoms with Crippen molar-refractivity contribution in [3.05, 3.63) is 22.0 Å². The predicted molar refractivity (Wildman–Crippen MR) is 71.5 cm³/mol. The summed E-state index contributed by atoms with van der Waals surface area (Å²) in [6, 6.07) is 1.65. The molecule has 1 aromatic rings. The fraction of sp³-hybridized carbons (Fsp3) is 0.400. The van der Waals surface area contributed by atoms with Crippen LogP contribution >= 0.6 is 34.4 Å². The number of amides is 1. The molecule has 16 heavy (non-hydrogen) atoms. The number of pyridine rings is 1. The highest BCUT2D eigenvalue weighted by molar-refractivity contribution is 14.1. The van der Waals surface area contributed by atoms with Crippen molar-refractivity contribution in [2.75, 3.05) is 4.42 Å². The van der Waals surface area contributed by atoms with Gasteiger partial charge in [0.05, 0.1) is 9.26 Å². The SMILES string of the molecule is CC(C)(C)OC(=O)N(Cl)c1ccncc1I. The van der Waals surface area contributed by atoms with E-state index in [4.69, 9.17) is 16.5 Å². The van der Waals surface area contributed by atoms with Gasteiger partial charge in [-0.05, 0) is 49.4 Å². The monoisotopic (exact) mass is 354 g/mol. The number of hydrogen-bond acceptors (Lipinski definition) is 3. The number of anilines is 1. The molecule has 0 aliphatic heterocycles. The summed E-state index contributed by atoms with van der Waals surface area (Å²) in [5.41, 5.74) is -0.00519. The van der Waals surface area contributed by atoms with E-state index >= 15 is 0 Å². The van der Waals surface area contributed by atoms with Gasteiger partial charge >= 0.3 is 6.09 Å². The van der Waals surface area contributed by atoms with Crippen LogP contribution in [-0.2, 0) is 4.74 Å². The number of rotatable bonds is 1. The summed E-state index contributed by atoms with van der Waals surface area (Å²) >= 11 is 7.94. The first kappa shape index (κ1) is 13.5. The van der Waals surface area contributed by atoms with Crippen LogP contribution in [0.4, 0.5) is 10.5 Å². The third-order valence-electron chi connectivity index (χ3n) is 1.52. The summed E-state index contributed by atoms with van der Waals surface area (Å²) in [5.74, 6) is 0. The topological polar surface area (TPSA) is 42.4 Å². The highest BCUT2D eigenvalue weighted by Gasteiger charge is 2.23. The molecule has 0 aromatic carbocycles. The third kappa shape index (κ3) is 3.79. The molecule has 1 heterocycles. The summed E-state index contributed by atoms with van der Waals surface area (Å²) in [6.07, 6.45) is 2.59. The van der Waals surface area contributed by atoms with Gasteiger partial charge in [-0.15, -0.1) is 0 Å². The van der Waals surface area contributed by atoms with Crippen LogP contribution in [0.25, 0.3) is 0 Å². The number of ether oxygens (including phenoxy) is 1. The van der Waals surface area contributed by atoms with E-state index in [0.717, 1.165) is 7.99 Å². The summed E-state index contributed by atoms with van der Waals surface area (Å²) < 4.78 is 6.87. The van der Waals surface area contributed by atoms with Crippen molar-refractivity contribution in [3.8, 4) is 0 Å². The zero-order valence-corrected chi connectivity index (χ0v) is 12.1. The van der Waals surface area contributed by atoms with Crippen molar-refractivity contribution < 1.29 is 9.53 Å². The van der Waals surface area contributed by atoms with Gasteiger partial charge < -0.3 is 4.74 Å². The first-order valence-corrected chi connectivity index (χ1v) is 6.01. The van der Waals surface area contributed by atoms with E-state index < -0.39 is 11.7 Å². The molecule has 88 valence electrons. The molecule has 0 N–H and O–H groups in total. The van der Waals surface area contributed by atoms with E-state index in [1.807, 2.05) is 22.6 Å². The zero-order chi connectivity index (χ0) is 12.3. The van der Waals surface area contributed by atoms with E-state index in [1.165, 1.54) is 0 Å². The Bertz CT molecular complexity index is 393. The number of carbonyl (C=O) groups excluding carboxylic acids is 1. The van der Waals surface area contributed by atoms with Crippen molar-refractivity contribution in [2.45, 2.75) is 26.4 Å². The Morgan fingerprint density at radius 3 is 2.69 bits per heavy atom. The molecule has 0 saturated heterocycles. The van der Waals surface area contributed by atoms with Crippen LogP contribution in [-0.4, -0.2) is 16.7 Å². The molecule has 0 aliphatic rings. The van der Waals surface area contributed by atoms with Crippen LogP contribution in [0, 0.1) is 3.57 Å². The van der Waals surface area contributed by atoms with Crippen LogP contribution in [0.5, 0.6) is 0 Å². The van der Waals surface area contributed by atoms with Crippen LogP contribution in [0.3, 0.4) is 0 Å². The van der Waals surface area contributed by atoms with Crippen molar-refractivity contribution >= 4 is 46.1 Å². The first-order valence-electron chi connectivity index (χ1n) is 4.59. The predicted octanol–water partition coefficient (Wildman–Crippen LogP) is 3.58. The zero-order valence-electron chi connectivity index (χ0n) is 9.20. The second kappa shape index (κ2) is 5.18. The molecule has 0 atom stereocenters. The Morgan fingerprint density at radius 1 is 1.56 bits per heavy atom. The van der Waals surface area contributed by atoms with Crippen LogP contribution in [0.1, 0.15) is 20.8 Å². The molecular weight excluding hydrogens is 342 g/mol. The summed E-state index contributed by atoms with van der Waals surface area (Å²) in [4.78, 5) is 15.6. The highest BCUT2D eigenvalue weighted by Crippen LogP contribution is 2.24. The van der Waals surface area contributed by atoms with Gasteiger partial charge in [0.25, 0.3) is 0 Å².